The highest BCUT2D eigenvalue weighted by Gasteiger charge is 2.17. The van der Waals surface area contributed by atoms with E-state index in [0.29, 0.717) is 27.1 Å². The molecular formula is C16H12BrNO2. The summed E-state index contributed by atoms with van der Waals surface area (Å²) < 4.78 is 6.33. The van der Waals surface area contributed by atoms with Crippen molar-refractivity contribution in [2.24, 2.45) is 0 Å². The molecule has 4 heteroatoms. The molecule has 0 aliphatic carbocycles. The van der Waals surface area contributed by atoms with Crippen LogP contribution in [0.2, 0.25) is 0 Å². The number of fused-ring (bicyclic) bond motifs is 1. The summed E-state index contributed by atoms with van der Waals surface area (Å²) in [5, 5.41) is 0.924. The normalized spacial score (nSPS) is 10.9. The second-order valence-electron chi connectivity index (χ2n) is 4.72. The SMILES string of the molecule is Cc1ccc2oc(C(=O)c3cc(N)ccc3Br)cc2c1. The van der Waals surface area contributed by atoms with E-state index < -0.39 is 0 Å². The van der Waals surface area contributed by atoms with E-state index in [2.05, 4.69) is 15.9 Å². The van der Waals surface area contributed by atoms with Crippen LogP contribution < -0.4 is 5.73 Å². The number of aryl methyl sites for hydroxylation is 1. The maximum atomic E-state index is 12.5. The first kappa shape index (κ1) is 12.9. The van der Waals surface area contributed by atoms with E-state index in [4.69, 9.17) is 10.2 Å². The average Bonchev–Trinajstić information content (AvgIpc) is 2.83. The summed E-state index contributed by atoms with van der Waals surface area (Å²) in [5.41, 5.74) is 8.61. The fraction of sp³-hybridized carbons (Fsp3) is 0.0625. The molecule has 0 radical (unpaired) electrons. The lowest BCUT2D eigenvalue weighted by Gasteiger charge is -2.02. The monoisotopic (exact) mass is 329 g/mol. The number of hydrogen-bond donors (Lipinski definition) is 1. The summed E-state index contributed by atoms with van der Waals surface area (Å²) in [7, 11) is 0. The van der Waals surface area contributed by atoms with Gasteiger partial charge in [0.15, 0.2) is 5.76 Å². The van der Waals surface area contributed by atoms with Gasteiger partial charge >= 0.3 is 0 Å². The zero-order valence-corrected chi connectivity index (χ0v) is 12.4. The van der Waals surface area contributed by atoms with Crippen LogP contribution >= 0.6 is 15.9 Å². The van der Waals surface area contributed by atoms with Crippen LogP contribution in [0.3, 0.4) is 0 Å². The zero-order chi connectivity index (χ0) is 14.3. The van der Waals surface area contributed by atoms with Gasteiger partial charge in [0.05, 0.1) is 0 Å². The predicted octanol–water partition coefficient (Wildman–Crippen LogP) is 4.32. The summed E-state index contributed by atoms with van der Waals surface area (Å²) in [5.74, 6) is 0.134. The number of carbonyl (C=O) groups is 1. The van der Waals surface area contributed by atoms with Crippen molar-refractivity contribution in [2.75, 3.05) is 5.73 Å². The van der Waals surface area contributed by atoms with E-state index in [1.165, 1.54) is 0 Å². The van der Waals surface area contributed by atoms with E-state index in [1.807, 2.05) is 25.1 Å². The molecule has 20 heavy (non-hydrogen) atoms. The topological polar surface area (TPSA) is 56.2 Å². The first-order chi connectivity index (χ1) is 9.54. The molecule has 0 spiro atoms. The van der Waals surface area contributed by atoms with Crippen LogP contribution in [0.25, 0.3) is 11.0 Å². The van der Waals surface area contributed by atoms with Gasteiger partial charge in [-0.25, -0.2) is 0 Å². The van der Waals surface area contributed by atoms with Gasteiger partial charge in [-0.3, -0.25) is 4.79 Å². The third-order valence-corrected chi connectivity index (χ3v) is 3.82. The quantitative estimate of drug-likeness (QED) is 0.562. The number of halogens is 1. The van der Waals surface area contributed by atoms with Crippen LogP contribution in [0.4, 0.5) is 5.69 Å². The van der Waals surface area contributed by atoms with Crippen molar-refractivity contribution in [1.29, 1.82) is 0 Å². The first-order valence-corrected chi connectivity index (χ1v) is 6.94. The number of nitrogens with two attached hydrogens (primary N) is 1. The smallest absolute Gasteiger partial charge is 0.229 e. The van der Waals surface area contributed by atoms with Crippen LogP contribution in [0.1, 0.15) is 21.7 Å². The molecule has 0 aliphatic rings. The van der Waals surface area contributed by atoms with Crippen LogP contribution in [0.15, 0.2) is 51.4 Å². The lowest BCUT2D eigenvalue weighted by Crippen LogP contribution is -2.01. The summed E-state index contributed by atoms with van der Waals surface area (Å²) >= 11 is 3.37. The molecule has 2 aromatic carbocycles. The van der Waals surface area contributed by atoms with Crippen LogP contribution in [0, 0.1) is 6.92 Å². The maximum absolute atomic E-state index is 12.5. The second kappa shape index (κ2) is 4.80. The molecule has 100 valence electrons. The Hall–Kier alpha value is -2.07. The third-order valence-electron chi connectivity index (χ3n) is 3.13. The Morgan fingerprint density at radius 3 is 2.75 bits per heavy atom. The number of nitrogen functional groups attached to an aromatic ring is 1. The molecule has 3 aromatic rings. The van der Waals surface area contributed by atoms with Crippen molar-refractivity contribution >= 4 is 38.4 Å². The fourth-order valence-corrected chi connectivity index (χ4v) is 2.55. The molecule has 1 heterocycles. The van der Waals surface area contributed by atoms with Gasteiger partial charge in [0.2, 0.25) is 5.78 Å². The number of furan rings is 1. The molecular weight excluding hydrogens is 318 g/mol. The summed E-state index contributed by atoms with van der Waals surface area (Å²) in [6.45, 7) is 2.00. The Labute approximate surface area is 124 Å². The molecule has 0 aliphatic heterocycles. The average molecular weight is 330 g/mol. The van der Waals surface area contributed by atoms with Crippen LogP contribution in [-0.2, 0) is 0 Å². The van der Waals surface area contributed by atoms with Crippen molar-refractivity contribution in [3.05, 3.63) is 63.8 Å². The highest BCUT2D eigenvalue weighted by Crippen LogP contribution is 2.26. The number of carbonyl (C=O) groups excluding carboxylic acids is 1. The van der Waals surface area contributed by atoms with E-state index in [0.717, 1.165) is 10.9 Å². The second-order valence-corrected chi connectivity index (χ2v) is 5.57. The summed E-state index contributed by atoms with van der Waals surface area (Å²) in [4.78, 5) is 12.5. The van der Waals surface area contributed by atoms with E-state index in [9.17, 15) is 4.79 Å². The largest absolute Gasteiger partial charge is 0.453 e. The van der Waals surface area contributed by atoms with Gasteiger partial charge in [0.1, 0.15) is 5.58 Å². The van der Waals surface area contributed by atoms with Gasteiger partial charge in [-0.05, 0) is 43.3 Å². The van der Waals surface area contributed by atoms with Crippen molar-refractivity contribution < 1.29 is 9.21 Å². The highest BCUT2D eigenvalue weighted by atomic mass is 79.9. The van der Waals surface area contributed by atoms with Gasteiger partial charge < -0.3 is 10.2 Å². The van der Waals surface area contributed by atoms with Gasteiger partial charge in [-0.15, -0.1) is 0 Å². The summed E-state index contributed by atoms with van der Waals surface area (Å²) in [6.07, 6.45) is 0. The molecule has 0 amide bonds. The standard InChI is InChI=1S/C16H12BrNO2/c1-9-2-5-14-10(6-9)7-15(20-14)16(19)12-8-11(18)3-4-13(12)17/h2-8H,18H2,1H3. The van der Waals surface area contributed by atoms with Gasteiger partial charge in [0.25, 0.3) is 0 Å². The Bertz CT molecular complexity index is 820. The Morgan fingerprint density at radius 1 is 1.15 bits per heavy atom. The Balaban J connectivity index is 2.10. The molecule has 1 aromatic heterocycles. The lowest BCUT2D eigenvalue weighted by atomic mass is 10.1. The molecule has 3 nitrogen and oxygen atoms in total. The van der Waals surface area contributed by atoms with Crippen molar-refractivity contribution in [3.63, 3.8) is 0 Å². The van der Waals surface area contributed by atoms with E-state index >= 15 is 0 Å². The van der Waals surface area contributed by atoms with Gasteiger partial charge in [0, 0.05) is 21.1 Å². The number of rotatable bonds is 2. The van der Waals surface area contributed by atoms with Crippen molar-refractivity contribution in [1.82, 2.24) is 0 Å². The van der Waals surface area contributed by atoms with Crippen molar-refractivity contribution in [3.8, 4) is 0 Å². The van der Waals surface area contributed by atoms with E-state index in [1.54, 1.807) is 24.3 Å². The first-order valence-electron chi connectivity index (χ1n) is 6.14. The van der Waals surface area contributed by atoms with Crippen LogP contribution in [-0.4, -0.2) is 5.78 Å². The van der Waals surface area contributed by atoms with Gasteiger partial charge in [-0.1, -0.05) is 27.6 Å². The highest BCUT2D eigenvalue weighted by molar-refractivity contribution is 9.10. The molecule has 0 fully saturated rings. The lowest BCUT2D eigenvalue weighted by molar-refractivity contribution is 0.101. The predicted molar refractivity (Wildman–Crippen MR) is 82.9 cm³/mol. The molecule has 0 atom stereocenters. The molecule has 0 saturated heterocycles. The minimum Gasteiger partial charge on any atom is -0.453 e. The molecule has 0 saturated carbocycles. The number of anilines is 1. The Kier molecular flexibility index (Phi) is 3.10. The van der Waals surface area contributed by atoms with Gasteiger partial charge in [-0.2, -0.15) is 0 Å². The van der Waals surface area contributed by atoms with Crippen molar-refractivity contribution in [2.45, 2.75) is 6.92 Å². The minimum atomic E-state index is -0.182. The molecule has 0 unspecified atom stereocenters. The minimum absolute atomic E-state index is 0.182. The molecule has 3 rings (SSSR count). The zero-order valence-electron chi connectivity index (χ0n) is 10.8. The van der Waals surface area contributed by atoms with Crippen LogP contribution in [0.5, 0.6) is 0 Å². The maximum Gasteiger partial charge on any atom is 0.229 e. The number of benzene rings is 2. The number of hydrogen-bond acceptors (Lipinski definition) is 3. The van der Waals surface area contributed by atoms with E-state index in [-0.39, 0.29) is 5.78 Å². The number of ketones is 1. The third kappa shape index (κ3) is 2.23. The summed E-state index contributed by atoms with van der Waals surface area (Å²) in [6, 6.07) is 12.7. The fourth-order valence-electron chi connectivity index (χ4n) is 2.12. The molecule has 2 N–H and O–H groups in total. The Morgan fingerprint density at radius 2 is 1.95 bits per heavy atom. The molecule has 0 bridgehead atoms.